The first-order valence-electron chi connectivity index (χ1n) is 12.2. The minimum absolute atomic E-state index is 0.0307. The minimum Gasteiger partial charge on any atom is -0.383 e. The fraction of sp³-hybridized carbons (Fsp3) is 0.259. The number of benzene rings is 3. The van der Waals surface area contributed by atoms with Gasteiger partial charge in [0, 0.05) is 13.1 Å². The molecule has 0 saturated heterocycles. The number of rotatable bonds is 5. The first-order chi connectivity index (χ1) is 19.1. The van der Waals surface area contributed by atoms with Gasteiger partial charge in [-0.15, -0.1) is 0 Å². The van der Waals surface area contributed by atoms with E-state index in [0.717, 1.165) is 6.26 Å². The van der Waals surface area contributed by atoms with Gasteiger partial charge in [0.2, 0.25) is 0 Å². The zero-order valence-corrected chi connectivity index (χ0v) is 22.1. The van der Waals surface area contributed by atoms with E-state index in [1.54, 1.807) is 17.0 Å². The minimum atomic E-state index is -5.02. The number of hydrogen-bond acceptors (Lipinski definition) is 7. The van der Waals surface area contributed by atoms with Gasteiger partial charge in [-0.1, -0.05) is 30.3 Å². The SMILES string of the molecule is CS(=O)(=O)Oc1cccc(C2(c3cccc(-c4cc(C(F)(F)F)cc(C(F)(F)F)c4)c3)N=C(N)N3CCCN=C32)c1. The number of halogens is 6. The topological polar surface area (TPSA) is 97.3 Å². The summed E-state index contributed by atoms with van der Waals surface area (Å²) in [4.78, 5) is 11.0. The average Bonchev–Trinajstić information content (AvgIpc) is 3.20. The molecule has 1 atom stereocenters. The Bertz CT molecular complexity index is 1650. The Labute approximate surface area is 231 Å². The normalized spacial score (nSPS) is 19.4. The number of nitrogens with zero attached hydrogens (tertiary/aromatic N) is 3. The quantitative estimate of drug-likeness (QED) is 0.314. The van der Waals surface area contributed by atoms with Gasteiger partial charge in [0.25, 0.3) is 0 Å². The number of nitrogens with two attached hydrogens (primary N) is 1. The van der Waals surface area contributed by atoms with Gasteiger partial charge in [-0.25, -0.2) is 4.99 Å². The molecular formula is C27H22F6N4O3S. The molecule has 3 aromatic carbocycles. The molecule has 2 aliphatic rings. The summed E-state index contributed by atoms with van der Waals surface area (Å²) < 4.78 is 110. The van der Waals surface area contributed by atoms with E-state index in [-0.39, 0.29) is 28.9 Å². The second-order valence-electron chi connectivity index (χ2n) is 9.58. The van der Waals surface area contributed by atoms with Crippen molar-refractivity contribution in [2.45, 2.75) is 24.3 Å². The Hall–Kier alpha value is -4.07. The molecule has 3 aromatic rings. The van der Waals surface area contributed by atoms with Crippen LogP contribution < -0.4 is 9.92 Å². The van der Waals surface area contributed by atoms with Gasteiger partial charge in [-0.3, -0.25) is 9.89 Å². The molecule has 0 amide bonds. The van der Waals surface area contributed by atoms with Crippen LogP contribution in [0.3, 0.4) is 0 Å². The predicted octanol–water partition coefficient (Wildman–Crippen LogP) is 5.41. The van der Waals surface area contributed by atoms with Crippen molar-refractivity contribution in [3.8, 4) is 16.9 Å². The van der Waals surface area contributed by atoms with Crippen LogP contribution in [-0.2, 0) is 28.0 Å². The molecule has 2 heterocycles. The van der Waals surface area contributed by atoms with Crippen LogP contribution in [-0.4, -0.2) is 44.5 Å². The Morgan fingerprint density at radius 1 is 0.878 bits per heavy atom. The van der Waals surface area contributed by atoms with Crippen molar-refractivity contribution in [1.82, 2.24) is 4.90 Å². The van der Waals surface area contributed by atoms with Crippen molar-refractivity contribution >= 4 is 21.9 Å². The number of aliphatic imine (C=N–C) groups is 2. The molecular weight excluding hydrogens is 574 g/mol. The van der Waals surface area contributed by atoms with E-state index in [1.165, 1.54) is 36.4 Å². The standard InChI is InChI=1S/C27H22F6N4O3S/c1-41(38,39)40-22-8-3-7-19(15-22)25(23-35-9-4-10-37(23)24(34)36-25)18-6-2-5-16(11-18)17-12-20(26(28,29)30)14-21(13-17)27(31,32)33/h2-3,5-8,11-15H,4,9-10H2,1H3,(H2,34,36). The van der Waals surface area contributed by atoms with Crippen LogP contribution in [0.15, 0.2) is 76.7 Å². The lowest BCUT2D eigenvalue weighted by Crippen LogP contribution is -2.46. The van der Waals surface area contributed by atoms with Crippen molar-refractivity contribution in [2.75, 3.05) is 19.3 Å². The summed E-state index contributed by atoms with van der Waals surface area (Å²) in [5.74, 6) is 0.452. The highest BCUT2D eigenvalue weighted by Crippen LogP contribution is 2.44. The molecule has 2 aliphatic heterocycles. The Morgan fingerprint density at radius 3 is 2.10 bits per heavy atom. The number of amidine groups is 1. The lowest BCUT2D eigenvalue weighted by Gasteiger charge is -2.33. The molecule has 7 nitrogen and oxygen atoms in total. The monoisotopic (exact) mass is 596 g/mol. The van der Waals surface area contributed by atoms with E-state index in [4.69, 9.17) is 14.9 Å². The van der Waals surface area contributed by atoms with Crippen molar-refractivity contribution in [2.24, 2.45) is 15.7 Å². The van der Waals surface area contributed by atoms with Gasteiger partial charge in [0.15, 0.2) is 11.5 Å². The van der Waals surface area contributed by atoms with Gasteiger partial charge in [-0.05, 0) is 65.1 Å². The molecule has 1 unspecified atom stereocenters. The van der Waals surface area contributed by atoms with E-state index in [0.29, 0.717) is 48.6 Å². The van der Waals surface area contributed by atoms with Crippen LogP contribution >= 0.6 is 0 Å². The summed E-state index contributed by atoms with van der Waals surface area (Å²) >= 11 is 0. The molecule has 5 rings (SSSR count). The highest BCUT2D eigenvalue weighted by molar-refractivity contribution is 7.86. The Morgan fingerprint density at radius 2 is 1.49 bits per heavy atom. The number of hydrogen-bond donors (Lipinski definition) is 1. The average molecular weight is 597 g/mol. The fourth-order valence-electron chi connectivity index (χ4n) is 4.97. The third-order valence-electron chi connectivity index (χ3n) is 6.64. The van der Waals surface area contributed by atoms with Gasteiger partial charge in [0.05, 0.1) is 17.4 Å². The van der Waals surface area contributed by atoms with Crippen LogP contribution in [0.25, 0.3) is 11.1 Å². The van der Waals surface area contributed by atoms with Gasteiger partial charge in [0.1, 0.15) is 11.6 Å². The van der Waals surface area contributed by atoms with Crippen LogP contribution in [0, 0.1) is 0 Å². The molecule has 41 heavy (non-hydrogen) atoms. The number of fused-ring (bicyclic) bond motifs is 1. The highest BCUT2D eigenvalue weighted by atomic mass is 32.2. The second kappa shape index (κ2) is 9.79. The van der Waals surface area contributed by atoms with E-state index in [2.05, 4.69) is 4.99 Å². The molecule has 0 bridgehead atoms. The summed E-state index contributed by atoms with van der Waals surface area (Å²) in [6, 6.07) is 13.3. The predicted molar refractivity (Wildman–Crippen MR) is 140 cm³/mol. The molecule has 0 radical (unpaired) electrons. The molecule has 14 heteroatoms. The van der Waals surface area contributed by atoms with E-state index in [1.807, 2.05) is 0 Å². The molecule has 0 aliphatic carbocycles. The van der Waals surface area contributed by atoms with Gasteiger partial charge < -0.3 is 9.92 Å². The fourth-order valence-corrected chi connectivity index (χ4v) is 5.42. The lowest BCUT2D eigenvalue weighted by atomic mass is 9.80. The van der Waals surface area contributed by atoms with Gasteiger partial charge in [-0.2, -0.15) is 34.8 Å². The maximum atomic E-state index is 13.6. The van der Waals surface area contributed by atoms with E-state index < -0.39 is 39.1 Å². The number of alkyl halides is 6. The number of guanidine groups is 1. The lowest BCUT2D eigenvalue weighted by molar-refractivity contribution is -0.143. The molecule has 0 saturated carbocycles. The summed E-state index contributed by atoms with van der Waals surface area (Å²) in [7, 11) is -3.90. The molecule has 216 valence electrons. The Kier molecular flexibility index (Phi) is 6.79. The summed E-state index contributed by atoms with van der Waals surface area (Å²) in [6.07, 6.45) is -8.49. The molecule has 0 aromatic heterocycles. The molecule has 2 N–H and O–H groups in total. The maximum Gasteiger partial charge on any atom is 0.416 e. The third-order valence-corrected chi connectivity index (χ3v) is 7.14. The van der Waals surface area contributed by atoms with Crippen molar-refractivity contribution in [1.29, 1.82) is 0 Å². The first-order valence-corrected chi connectivity index (χ1v) is 14.0. The summed E-state index contributed by atoms with van der Waals surface area (Å²) in [6.45, 7) is 0.885. The second-order valence-corrected chi connectivity index (χ2v) is 11.2. The molecule has 0 fully saturated rings. The van der Waals surface area contributed by atoms with Crippen molar-refractivity contribution < 1.29 is 38.9 Å². The third kappa shape index (κ3) is 5.47. The van der Waals surface area contributed by atoms with Crippen molar-refractivity contribution in [3.05, 3.63) is 89.0 Å². The van der Waals surface area contributed by atoms with Crippen molar-refractivity contribution in [3.63, 3.8) is 0 Å². The van der Waals surface area contributed by atoms with Crippen LogP contribution in [0.1, 0.15) is 28.7 Å². The van der Waals surface area contributed by atoms with E-state index in [9.17, 15) is 34.8 Å². The zero-order chi connectivity index (χ0) is 29.8. The van der Waals surface area contributed by atoms with Crippen LogP contribution in [0.4, 0.5) is 26.3 Å². The smallest absolute Gasteiger partial charge is 0.383 e. The first kappa shape index (κ1) is 28.5. The summed E-state index contributed by atoms with van der Waals surface area (Å²) in [5, 5.41) is 0. The Balaban J connectivity index is 1.74. The zero-order valence-electron chi connectivity index (χ0n) is 21.3. The van der Waals surface area contributed by atoms with Crippen LogP contribution in [0.5, 0.6) is 5.75 Å². The van der Waals surface area contributed by atoms with E-state index >= 15 is 0 Å². The summed E-state index contributed by atoms with van der Waals surface area (Å²) in [5.41, 5.74) is 2.36. The maximum absolute atomic E-state index is 13.6. The van der Waals surface area contributed by atoms with Crippen LogP contribution in [0.2, 0.25) is 0 Å². The highest BCUT2D eigenvalue weighted by Gasteiger charge is 2.49. The van der Waals surface area contributed by atoms with Gasteiger partial charge >= 0.3 is 22.5 Å². The largest absolute Gasteiger partial charge is 0.416 e. The molecule has 0 spiro atoms.